The van der Waals surface area contributed by atoms with Crippen molar-refractivity contribution in [1.82, 2.24) is 0 Å². The molecule has 0 bridgehead atoms. The van der Waals surface area contributed by atoms with E-state index in [4.69, 9.17) is 22.1 Å². The lowest BCUT2D eigenvalue weighted by molar-refractivity contribution is 0.346. The van der Waals surface area contributed by atoms with Gasteiger partial charge in [0.2, 0.25) is 0 Å². The fourth-order valence-corrected chi connectivity index (χ4v) is 1.32. The fourth-order valence-electron chi connectivity index (χ4n) is 0.886. The quantitative estimate of drug-likeness (QED) is 0.622. The van der Waals surface area contributed by atoms with Gasteiger partial charge in [0.15, 0.2) is 0 Å². The fraction of sp³-hybridized carbons (Fsp3) is 0.333. The third-order valence-corrected chi connectivity index (χ3v) is 2.33. The summed E-state index contributed by atoms with van der Waals surface area (Å²) in [6.07, 6.45) is 2.04. The monoisotopic (exact) mass is 217 g/mol. The van der Waals surface area contributed by atoms with Gasteiger partial charge in [-0.2, -0.15) is 11.8 Å². The van der Waals surface area contributed by atoms with Crippen LogP contribution in [0.3, 0.4) is 0 Å². The average molecular weight is 218 g/mol. The zero-order chi connectivity index (χ0) is 9.68. The number of halogens is 1. The largest absolute Gasteiger partial charge is 0.491 e. The molecule has 72 valence electrons. The van der Waals surface area contributed by atoms with E-state index < -0.39 is 0 Å². The Labute approximate surface area is 87.4 Å². The maximum atomic E-state index is 5.74. The molecule has 0 atom stereocenters. The third-order valence-electron chi connectivity index (χ3n) is 1.52. The van der Waals surface area contributed by atoms with Crippen molar-refractivity contribution in [3.63, 3.8) is 0 Å². The number of thioether (sulfide) groups is 1. The van der Waals surface area contributed by atoms with Gasteiger partial charge in [0.25, 0.3) is 0 Å². The highest BCUT2D eigenvalue weighted by Gasteiger charge is 1.99. The van der Waals surface area contributed by atoms with Crippen molar-refractivity contribution in [2.45, 2.75) is 0 Å². The normalized spacial score (nSPS) is 10.0. The number of hydrogen-bond donors (Lipinski definition) is 1. The Balaban J connectivity index is 2.56. The van der Waals surface area contributed by atoms with E-state index in [2.05, 4.69) is 0 Å². The molecule has 0 aliphatic heterocycles. The molecule has 0 fully saturated rings. The molecule has 0 aromatic heterocycles. The molecule has 2 N–H and O–H groups in total. The Bertz CT molecular complexity index is 280. The van der Waals surface area contributed by atoms with Crippen LogP contribution in [0, 0.1) is 0 Å². The number of rotatable bonds is 4. The van der Waals surface area contributed by atoms with Crippen LogP contribution in [0.2, 0.25) is 5.02 Å². The lowest BCUT2D eigenvalue weighted by Crippen LogP contribution is -2.01. The minimum atomic E-state index is 0.591. The summed E-state index contributed by atoms with van der Waals surface area (Å²) in [5, 5.41) is 0.634. The van der Waals surface area contributed by atoms with E-state index >= 15 is 0 Å². The second-order valence-electron chi connectivity index (χ2n) is 2.52. The van der Waals surface area contributed by atoms with Crippen LogP contribution >= 0.6 is 23.4 Å². The van der Waals surface area contributed by atoms with Gasteiger partial charge in [-0.05, 0) is 24.5 Å². The van der Waals surface area contributed by atoms with Gasteiger partial charge in [-0.25, -0.2) is 0 Å². The molecule has 0 amide bonds. The summed E-state index contributed by atoms with van der Waals surface area (Å²) >= 11 is 7.48. The number of nitrogen functional groups attached to an aromatic ring is 1. The first-order chi connectivity index (χ1) is 6.24. The SMILES string of the molecule is CSCCOc1ccc(Cl)cc1N. The Morgan fingerprint density at radius 1 is 1.54 bits per heavy atom. The number of hydrogen-bond acceptors (Lipinski definition) is 3. The van der Waals surface area contributed by atoms with Gasteiger partial charge in [-0.3, -0.25) is 0 Å². The second kappa shape index (κ2) is 5.25. The van der Waals surface area contributed by atoms with Crippen molar-refractivity contribution in [3.8, 4) is 5.75 Å². The highest BCUT2D eigenvalue weighted by molar-refractivity contribution is 7.98. The summed E-state index contributed by atoms with van der Waals surface area (Å²) in [6, 6.07) is 5.25. The van der Waals surface area contributed by atoms with Crippen molar-refractivity contribution < 1.29 is 4.74 Å². The molecule has 4 heteroatoms. The molecule has 0 heterocycles. The minimum absolute atomic E-state index is 0.591. The van der Waals surface area contributed by atoms with Gasteiger partial charge in [0.05, 0.1) is 12.3 Å². The van der Waals surface area contributed by atoms with Crippen LogP contribution in [0.1, 0.15) is 0 Å². The van der Waals surface area contributed by atoms with E-state index in [1.165, 1.54) is 0 Å². The van der Waals surface area contributed by atoms with Crippen LogP contribution in [0.25, 0.3) is 0 Å². The van der Waals surface area contributed by atoms with Gasteiger partial charge in [0.1, 0.15) is 5.75 Å². The van der Waals surface area contributed by atoms with Gasteiger partial charge in [-0.1, -0.05) is 11.6 Å². The standard InChI is InChI=1S/C9H12ClNOS/c1-13-5-4-12-9-3-2-7(10)6-8(9)11/h2-3,6H,4-5,11H2,1H3. The van der Waals surface area contributed by atoms with Gasteiger partial charge >= 0.3 is 0 Å². The van der Waals surface area contributed by atoms with Crippen molar-refractivity contribution in [1.29, 1.82) is 0 Å². The Kier molecular flexibility index (Phi) is 4.25. The van der Waals surface area contributed by atoms with Crippen molar-refractivity contribution in [2.75, 3.05) is 24.3 Å². The molecule has 0 saturated carbocycles. The van der Waals surface area contributed by atoms with E-state index in [0.717, 1.165) is 5.75 Å². The molecule has 1 aromatic carbocycles. The number of anilines is 1. The second-order valence-corrected chi connectivity index (χ2v) is 3.95. The van der Waals surface area contributed by atoms with Gasteiger partial charge < -0.3 is 10.5 Å². The molecule has 0 aliphatic rings. The molecule has 1 rings (SSSR count). The van der Waals surface area contributed by atoms with E-state index in [0.29, 0.717) is 23.1 Å². The van der Waals surface area contributed by atoms with Crippen LogP contribution in [-0.4, -0.2) is 18.6 Å². The molecule has 13 heavy (non-hydrogen) atoms. The van der Waals surface area contributed by atoms with E-state index in [1.807, 2.05) is 6.26 Å². The van der Waals surface area contributed by atoms with Crippen LogP contribution in [0.15, 0.2) is 18.2 Å². The Morgan fingerprint density at radius 2 is 2.31 bits per heavy atom. The summed E-state index contributed by atoms with van der Waals surface area (Å²) in [5.41, 5.74) is 6.28. The molecule has 2 nitrogen and oxygen atoms in total. The molecule has 0 saturated heterocycles. The first-order valence-corrected chi connectivity index (χ1v) is 5.68. The number of benzene rings is 1. The minimum Gasteiger partial charge on any atom is -0.491 e. The Morgan fingerprint density at radius 3 is 2.92 bits per heavy atom. The molecule has 1 aromatic rings. The summed E-state index contributed by atoms with van der Waals surface area (Å²) < 4.78 is 5.43. The first-order valence-electron chi connectivity index (χ1n) is 3.91. The van der Waals surface area contributed by atoms with Crippen molar-refractivity contribution in [3.05, 3.63) is 23.2 Å². The summed E-state index contributed by atoms with van der Waals surface area (Å²) in [5.74, 6) is 1.67. The third kappa shape index (κ3) is 3.36. The zero-order valence-electron chi connectivity index (χ0n) is 7.42. The number of nitrogens with two attached hydrogens (primary N) is 1. The average Bonchev–Trinajstić information content (AvgIpc) is 2.09. The van der Waals surface area contributed by atoms with Gasteiger partial charge in [-0.15, -0.1) is 0 Å². The molecular formula is C9H12ClNOS. The lowest BCUT2D eigenvalue weighted by Gasteiger charge is -2.07. The maximum Gasteiger partial charge on any atom is 0.142 e. The Hall–Kier alpha value is -0.540. The highest BCUT2D eigenvalue weighted by atomic mass is 35.5. The molecule has 0 aliphatic carbocycles. The maximum absolute atomic E-state index is 5.74. The molecule has 0 radical (unpaired) electrons. The number of ether oxygens (including phenoxy) is 1. The topological polar surface area (TPSA) is 35.2 Å². The van der Waals surface area contributed by atoms with E-state index in [9.17, 15) is 0 Å². The van der Waals surface area contributed by atoms with Crippen LogP contribution in [-0.2, 0) is 0 Å². The summed E-state index contributed by atoms with van der Waals surface area (Å²) in [4.78, 5) is 0. The molecular weight excluding hydrogens is 206 g/mol. The summed E-state index contributed by atoms with van der Waals surface area (Å²) in [7, 11) is 0. The lowest BCUT2D eigenvalue weighted by atomic mass is 10.3. The molecule has 0 spiro atoms. The van der Waals surface area contributed by atoms with Crippen molar-refractivity contribution >= 4 is 29.1 Å². The predicted molar refractivity (Wildman–Crippen MR) is 59.7 cm³/mol. The van der Waals surface area contributed by atoms with Crippen LogP contribution in [0.4, 0.5) is 5.69 Å². The first kappa shape index (κ1) is 10.5. The van der Waals surface area contributed by atoms with Crippen molar-refractivity contribution in [2.24, 2.45) is 0 Å². The van der Waals surface area contributed by atoms with E-state index in [-0.39, 0.29) is 0 Å². The predicted octanol–water partition coefficient (Wildman–Crippen LogP) is 2.66. The zero-order valence-corrected chi connectivity index (χ0v) is 8.99. The molecule has 0 unspecified atom stereocenters. The van der Waals surface area contributed by atoms with Crippen LogP contribution < -0.4 is 10.5 Å². The highest BCUT2D eigenvalue weighted by Crippen LogP contribution is 2.24. The van der Waals surface area contributed by atoms with Crippen LogP contribution in [0.5, 0.6) is 5.75 Å². The smallest absolute Gasteiger partial charge is 0.142 e. The van der Waals surface area contributed by atoms with Gasteiger partial charge in [0, 0.05) is 10.8 Å². The summed E-state index contributed by atoms with van der Waals surface area (Å²) in [6.45, 7) is 0.674. The van der Waals surface area contributed by atoms with E-state index in [1.54, 1.807) is 30.0 Å².